The minimum Gasteiger partial charge on any atom is -0.384 e. The van der Waals surface area contributed by atoms with Crippen LogP contribution in [-0.4, -0.2) is 23.9 Å². The van der Waals surface area contributed by atoms with E-state index in [4.69, 9.17) is 20.9 Å². The molecule has 4 nitrogen and oxygen atoms in total. The number of hydrogen-bond acceptors (Lipinski definition) is 5. The van der Waals surface area contributed by atoms with Crippen molar-refractivity contribution in [3.05, 3.63) is 46.6 Å². The van der Waals surface area contributed by atoms with Gasteiger partial charge in [0, 0.05) is 23.8 Å². The molecular formula is C14H17ClN2O2S. The lowest BCUT2D eigenvalue weighted by molar-refractivity contribution is 0.199. The quantitative estimate of drug-likeness (QED) is 0.776. The summed E-state index contributed by atoms with van der Waals surface area (Å²) in [5.74, 6) is 2.00. The molecule has 0 unspecified atom stereocenters. The molecule has 0 saturated carbocycles. The number of benzene rings is 1. The molecule has 2 rings (SSSR count). The van der Waals surface area contributed by atoms with Crippen LogP contribution < -0.4 is 0 Å². The van der Waals surface area contributed by atoms with Gasteiger partial charge in [-0.05, 0) is 18.6 Å². The van der Waals surface area contributed by atoms with Crippen molar-refractivity contribution in [2.75, 3.05) is 13.7 Å². The van der Waals surface area contributed by atoms with Crippen LogP contribution in [0.5, 0.6) is 0 Å². The second-order valence-corrected chi connectivity index (χ2v) is 6.06. The van der Waals surface area contributed by atoms with Gasteiger partial charge in [-0.3, -0.25) is 0 Å². The van der Waals surface area contributed by atoms with E-state index < -0.39 is 0 Å². The largest absolute Gasteiger partial charge is 0.384 e. The summed E-state index contributed by atoms with van der Waals surface area (Å²) in [6, 6.07) is 7.87. The van der Waals surface area contributed by atoms with Gasteiger partial charge in [0.15, 0.2) is 5.82 Å². The number of ether oxygens (including phenoxy) is 1. The van der Waals surface area contributed by atoms with E-state index in [9.17, 15) is 0 Å². The molecule has 1 aromatic carbocycles. The number of nitrogens with zero attached hydrogens (tertiary/aromatic N) is 2. The van der Waals surface area contributed by atoms with Crippen molar-refractivity contribution >= 4 is 23.4 Å². The minimum atomic E-state index is 0.276. The molecule has 0 radical (unpaired) electrons. The fourth-order valence-electron chi connectivity index (χ4n) is 1.73. The molecule has 2 aromatic rings. The van der Waals surface area contributed by atoms with Gasteiger partial charge in [0.25, 0.3) is 0 Å². The first-order valence-electron chi connectivity index (χ1n) is 6.37. The van der Waals surface area contributed by atoms with Crippen molar-refractivity contribution in [3.63, 3.8) is 0 Å². The van der Waals surface area contributed by atoms with Crippen molar-refractivity contribution in [3.8, 4) is 0 Å². The lowest BCUT2D eigenvalue weighted by Gasteiger charge is -2.11. The van der Waals surface area contributed by atoms with Gasteiger partial charge in [0.2, 0.25) is 5.89 Å². The summed E-state index contributed by atoms with van der Waals surface area (Å²) in [4.78, 5) is 4.32. The van der Waals surface area contributed by atoms with E-state index >= 15 is 0 Å². The lowest BCUT2D eigenvalue weighted by atomic mass is 10.2. The Kier molecular flexibility index (Phi) is 5.88. The zero-order valence-corrected chi connectivity index (χ0v) is 13.1. The van der Waals surface area contributed by atoms with E-state index in [2.05, 4.69) is 17.1 Å². The van der Waals surface area contributed by atoms with Crippen LogP contribution in [0.2, 0.25) is 5.02 Å². The van der Waals surface area contributed by atoms with Crippen LogP contribution in [0, 0.1) is 0 Å². The predicted molar refractivity (Wildman–Crippen MR) is 81.0 cm³/mol. The van der Waals surface area contributed by atoms with Crippen LogP contribution in [-0.2, 0) is 16.9 Å². The van der Waals surface area contributed by atoms with Gasteiger partial charge in [-0.2, -0.15) is 4.98 Å². The summed E-state index contributed by atoms with van der Waals surface area (Å²) in [5, 5.41) is 4.98. The van der Waals surface area contributed by atoms with Crippen LogP contribution >= 0.6 is 23.4 Å². The Morgan fingerprint density at radius 3 is 2.95 bits per heavy atom. The first-order valence-corrected chi connectivity index (χ1v) is 7.80. The average Bonchev–Trinajstić information content (AvgIpc) is 2.91. The standard InChI is InChI=1S/C14H17ClN2O2S/c1-10(11-5-3-4-6-12(11)15)20-9-14-16-13(17-19-14)7-8-18-2/h3-6,10H,7-9H2,1-2H3/t10-/m1/s1. The highest BCUT2D eigenvalue weighted by atomic mass is 35.5. The van der Waals surface area contributed by atoms with E-state index in [1.807, 2.05) is 24.3 Å². The van der Waals surface area contributed by atoms with Gasteiger partial charge < -0.3 is 9.26 Å². The van der Waals surface area contributed by atoms with E-state index in [0.717, 1.165) is 10.6 Å². The molecule has 20 heavy (non-hydrogen) atoms. The average molecular weight is 313 g/mol. The molecule has 0 aliphatic carbocycles. The number of halogens is 1. The van der Waals surface area contributed by atoms with Crippen LogP contribution in [0.3, 0.4) is 0 Å². The van der Waals surface area contributed by atoms with Gasteiger partial charge in [-0.25, -0.2) is 0 Å². The first-order chi connectivity index (χ1) is 9.70. The van der Waals surface area contributed by atoms with Gasteiger partial charge in [-0.15, -0.1) is 11.8 Å². The normalized spacial score (nSPS) is 12.6. The molecule has 108 valence electrons. The first kappa shape index (κ1) is 15.4. The Morgan fingerprint density at radius 1 is 1.40 bits per heavy atom. The Morgan fingerprint density at radius 2 is 2.20 bits per heavy atom. The van der Waals surface area contributed by atoms with E-state index in [0.29, 0.717) is 30.5 Å². The maximum atomic E-state index is 6.18. The summed E-state index contributed by atoms with van der Waals surface area (Å²) < 4.78 is 10.2. The van der Waals surface area contributed by atoms with Crippen molar-refractivity contribution in [1.82, 2.24) is 10.1 Å². The third-order valence-corrected chi connectivity index (χ3v) is 4.35. The minimum absolute atomic E-state index is 0.276. The van der Waals surface area contributed by atoms with Gasteiger partial charge in [-0.1, -0.05) is 35.0 Å². The van der Waals surface area contributed by atoms with Crippen molar-refractivity contribution in [2.45, 2.75) is 24.3 Å². The zero-order valence-electron chi connectivity index (χ0n) is 11.5. The Balaban J connectivity index is 1.88. The fraction of sp³-hybridized carbons (Fsp3) is 0.429. The predicted octanol–water partition coefficient (Wildman–Crippen LogP) is 3.91. The highest BCUT2D eigenvalue weighted by Gasteiger charge is 2.12. The molecule has 1 atom stereocenters. The second kappa shape index (κ2) is 7.67. The maximum absolute atomic E-state index is 6.18. The number of aromatic nitrogens is 2. The highest BCUT2D eigenvalue weighted by molar-refractivity contribution is 7.98. The molecule has 0 aliphatic rings. The molecule has 0 aliphatic heterocycles. The third kappa shape index (κ3) is 4.23. The molecule has 0 saturated heterocycles. The van der Waals surface area contributed by atoms with Crippen molar-refractivity contribution in [1.29, 1.82) is 0 Å². The molecule has 0 bridgehead atoms. The SMILES string of the molecule is COCCc1noc(CS[C@H](C)c2ccccc2Cl)n1. The van der Waals surface area contributed by atoms with Gasteiger partial charge in [0.1, 0.15) is 0 Å². The highest BCUT2D eigenvalue weighted by Crippen LogP contribution is 2.34. The van der Waals surface area contributed by atoms with Crippen LogP contribution in [0.25, 0.3) is 0 Å². The Hall–Kier alpha value is -1.04. The molecule has 1 heterocycles. The topological polar surface area (TPSA) is 48.2 Å². The Labute approximate surface area is 127 Å². The summed E-state index contributed by atoms with van der Waals surface area (Å²) in [7, 11) is 1.65. The molecule has 0 amide bonds. The van der Waals surface area contributed by atoms with Gasteiger partial charge in [0.05, 0.1) is 12.4 Å². The van der Waals surface area contributed by atoms with E-state index in [1.54, 1.807) is 18.9 Å². The van der Waals surface area contributed by atoms with Crippen LogP contribution in [0.1, 0.15) is 29.5 Å². The van der Waals surface area contributed by atoms with Crippen LogP contribution in [0.4, 0.5) is 0 Å². The van der Waals surface area contributed by atoms with Gasteiger partial charge >= 0.3 is 0 Å². The third-order valence-electron chi connectivity index (χ3n) is 2.84. The van der Waals surface area contributed by atoms with Crippen LogP contribution in [0.15, 0.2) is 28.8 Å². The number of rotatable bonds is 7. The summed E-state index contributed by atoms with van der Waals surface area (Å²) in [6.45, 7) is 2.72. The van der Waals surface area contributed by atoms with Crippen molar-refractivity contribution in [2.24, 2.45) is 0 Å². The number of methoxy groups -OCH3 is 1. The summed E-state index contributed by atoms with van der Waals surface area (Å²) in [6.07, 6.45) is 0.671. The van der Waals surface area contributed by atoms with E-state index in [1.165, 1.54) is 0 Å². The lowest BCUT2D eigenvalue weighted by Crippen LogP contribution is -1.96. The summed E-state index contributed by atoms with van der Waals surface area (Å²) in [5.41, 5.74) is 1.12. The van der Waals surface area contributed by atoms with E-state index in [-0.39, 0.29) is 5.25 Å². The molecular weight excluding hydrogens is 296 g/mol. The molecule has 0 N–H and O–H groups in total. The smallest absolute Gasteiger partial charge is 0.236 e. The molecule has 0 fully saturated rings. The fourth-order valence-corrected chi connectivity index (χ4v) is 2.99. The monoisotopic (exact) mass is 312 g/mol. The molecule has 0 spiro atoms. The Bertz CT molecular complexity index is 547. The second-order valence-electron chi connectivity index (χ2n) is 4.32. The number of thioether (sulfide) groups is 1. The van der Waals surface area contributed by atoms with Crippen molar-refractivity contribution < 1.29 is 9.26 Å². The zero-order chi connectivity index (χ0) is 14.4. The maximum Gasteiger partial charge on any atom is 0.236 e. The molecule has 1 aromatic heterocycles. The summed E-state index contributed by atoms with van der Waals surface area (Å²) >= 11 is 7.91. The number of hydrogen-bond donors (Lipinski definition) is 0. The molecule has 6 heteroatoms.